The Morgan fingerprint density at radius 1 is 1.07 bits per heavy atom. The first kappa shape index (κ1) is 27.6. The van der Waals surface area contributed by atoms with E-state index in [0.29, 0.717) is 30.1 Å². The number of nitrogens with one attached hydrogen (secondary N) is 2. The fourth-order valence-corrected chi connectivity index (χ4v) is 6.61. The molecule has 3 N–H and O–H groups in total. The number of alkyl halides is 3. The number of ether oxygens (including phenoxy) is 1. The highest BCUT2D eigenvalue weighted by atomic mass is 32.1. The minimum absolute atomic E-state index is 0.132. The molecule has 4 aromatic rings. The van der Waals surface area contributed by atoms with Gasteiger partial charge in [0.05, 0.1) is 21.7 Å². The Morgan fingerprint density at radius 2 is 1.85 bits per heavy atom. The molecule has 1 aromatic carbocycles. The molecule has 0 amide bonds. The van der Waals surface area contributed by atoms with E-state index in [1.165, 1.54) is 12.1 Å². The molecule has 12 heteroatoms. The molecule has 8 nitrogen and oxygen atoms in total. The summed E-state index contributed by atoms with van der Waals surface area (Å²) in [7, 11) is 0. The van der Waals surface area contributed by atoms with Crippen molar-refractivity contribution in [1.82, 2.24) is 19.9 Å². The number of halogens is 3. The zero-order valence-corrected chi connectivity index (χ0v) is 23.5. The summed E-state index contributed by atoms with van der Waals surface area (Å²) in [5.74, 6) is 1.86. The average Bonchev–Trinajstić information content (AvgIpc) is 3.58. The number of rotatable bonds is 9. The van der Waals surface area contributed by atoms with Crippen molar-refractivity contribution >= 4 is 33.3 Å². The molecule has 216 valence electrons. The molecular formula is C29H31F3N6O2S. The van der Waals surface area contributed by atoms with Crippen molar-refractivity contribution in [2.45, 2.75) is 64.4 Å². The first-order chi connectivity index (χ1) is 19.7. The minimum atomic E-state index is -4.73. The Hall–Kier alpha value is -3.51. The van der Waals surface area contributed by atoms with E-state index in [4.69, 9.17) is 15.0 Å². The zero-order chi connectivity index (χ0) is 28.7. The Morgan fingerprint density at radius 3 is 2.54 bits per heavy atom. The molecule has 3 heterocycles. The first-order valence-corrected chi connectivity index (χ1v) is 14.6. The van der Waals surface area contributed by atoms with Crippen molar-refractivity contribution in [3.05, 3.63) is 53.5 Å². The summed E-state index contributed by atoms with van der Waals surface area (Å²) in [6.07, 6.45) is 1.17. The fraction of sp³-hybridized carbons (Fsp3) is 0.448. The molecule has 2 fully saturated rings. The van der Waals surface area contributed by atoms with Gasteiger partial charge >= 0.3 is 6.36 Å². The van der Waals surface area contributed by atoms with Gasteiger partial charge in [-0.1, -0.05) is 19.1 Å². The summed E-state index contributed by atoms with van der Waals surface area (Å²) in [6, 6.07) is 7.82. The molecule has 2 aliphatic rings. The lowest BCUT2D eigenvalue weighted by Gasteiger charge is -2.21. The molecule has 0 aliphatic heterocycles. The van der Waals surface area contributed by atoms with Crippen LogP contribution in [0.3, 0.4) is 0 Å². The van der Waals surface area contributed by atoms with Crippen LogP contribution in [0.2, 0.25) is 0 Å². The highest BCUT2D eigenvalue weighted by molar-refractivity contribution is 7.21. The van der Waals surface area contributed by atoms with Gasteiger partial charge in [-0.05, 0) is 68.2 Å². The van der Waals surface area contributed by atoms with Crippen molar-refractivity contribution in [2.24, 2.45) is 11.8 Å². The summed E-state index contributed by atoms with van der Waals surface area (Å²) in [6.45, 7) is 4.58. The predicted molar refractivity (Wildman–Crippen MR) is 152 cm³/mol. The number of aliphatic hydroxyl groups excluding tert-OH is 1. The number of aryl methyl sites for hydroxylation is 1. The quantitative estimate of drug-likeness (QED) is 0.201. The number of hydrogen-bond acceptors (Lipinski definition) is 9. The van der Waals surface area contributed by atoms with Crippen molar-refractivity contribution < 1.29 is 23.0 Å². The van der Waals surface area contributed by atoms with Crippen LogP contribution in [0.5, 0.6) is 5.75 Å². The van der Waals surface area contributed by atoms with Crippen LogP contribution in [0.4, 0.5) is 24.9 Å². The number of thiazole rings is 1. The molecule has 0 saturated heterocycles. The van der Waals surface area contributed by atoms with E-state index in [1.807, 2.05) is 19.2 Å². The molecule has 3 unspecified atom stereocenters. The monoisotopic (exact) mass is 584 g/mol. The molecule has 0 radical (unpaired) electrons. The maximum Gasteiger partial charge on any atom is 0.573 e. The van der Waals surface area contributed by atoms with Gasteiger partial charge in [0.1, 0.15) is 22.1 Å². The van der Waals surface area contributed by atoms with E-state index >= 15 is 0 Å². The molecule has 6 rings (SSSR count). The number of benzene rings is 1. The van der Waals surface area contributed by atoms with Crippen molar-refractivity contribution in [2.75, 3.05) is 17.2 Å². The number of nitrogens with zero attached hydrogens (tertiary/aromatic N) is 4. The highest BCUT2D eigenvalue weighted by Gasteiger charge is 2.33. The molecule has 41 heavy (non-hydrogen) atoms. The van der Waals surface area contributed by atoms with Crippen molar-refractivity contribution in [3.8, 4) is 16.3 Å². The maximum absolute atomic E-state index is 12.5. The van der Waals surface area contributed by atoms with Crippen LogP contribution in [0, 0.1) is 18.8 Å². The topological polar surface area (TPSA) is 105 Å². The van der Waals surface area contributed by atoms with Crippen molar-refractivity contribution in [3.63, 3.8) is 0 Å². The van der Waals surface area contributed by atoms with Gasteiger partial charge in [0.2, 0.25) is 5.95 Å². The molecule has 0 bridgehead atoms. The maximum atomic E-state index is 12.5. The molecule has 0 spiro atoms. The average molecular weight is 585 g/mol. The largest absolute Gasteiger partial charge is 0.573 e. The second kappa shape index (κ2) is 11.1. The van der Waals surface area contributed by atoms with E-state index in [2.05, 4.69) is 27.3 Å². The van der Waals surface area contributed by atoms with Crippen LogP contribution in [-0.4, -0.2) is 44.1 Å². The first-order valence-electron chi connectivity index (χ1n) is 13.8. The summed E-state index contributed by atoms with van der Waals surface area (Å²) in [5.41, 5.74) is 4.34. The van der Waals surface area contributed by atoms with Crippen molar-refractivity contribution in [1.29, 1.82) is 0 Å². The third-order valence-corrected chi connectivity index (χ3v) is 8.81. The number of fused-ring (bicyclic) bond motifs is 1. The standard InChI is InChI=1S/C29H31F3N6O2S/c1-15-11-18(14-39)12-21(15)36-26-23(27-37-25-22(41-27)9-10-33-24(25)19-5-6-19)16(2)35-28(38-26)34-13-17-3-7-20(8-4-17)40-29(30,31)32/h3-4,7-10,15,18-19,21,39H,5-6,11-14H2,1-2H3,(H2,34,35,36,38). The van der Waals surface area contributed by atoms with E-state index in [0.717, 1.165) is 63.4 Å². The molecular weight excluding hydrogens is 553 g/mol. The van der Waals surface area contributed by atoms with Gasteiger partial charge in [-0.2, -0.15) is 4.98 Å². The predicted octanol–water partition coefficient (Wildman–Crippen LogP) is 6.66. The normalized spacial score (nSPS) is 20.9. The second-order valence-electron chi connectivity index (χ2n) is 11.0. The zero-order valence-electron chi connectivity index (χ0n) is 22.7. The molecule has 3 aromatic heterocycles. The summed E-state index contributed by atoms with van der Waals surface area (Å²) in [4.78, 5) is 19.2. The molecule has 2 saturated carbocycles. The lowest BCUT2D eigenvalue weighted by atomic mass is 10.1. The SMILES string of the molecule is Cc1nc(NCc2ccc(OC(F)(F)F)cc2)nc(NC2CC(CO)CC2C)c1-c1nc2c(C3CC3)nccc2s1. The summed E-state index contributed by atoms with van der Waals surface area (Å²) < 4.78 is 42.5. The number of anilines is 2. The van der Waals surface area contributed by atoms with Gasteiger partial charge in [-0.3, -0.25) is 4.98 Å². The van der Waals surface area contributed by atoms with E-state index in [9.17, 15) is 18.3 Å². The smallest absolute Gasteiger partial charge is 0.406 e. The summed E-state index contributed by atoms with van der Waals surface area (Å²) in [5, 5.41) is 17.4. The number of hydrogen-bond donors (Lipinski definition) is 3. The lowest BCUT2D eigenvalue weighted by Crippen LogP contribution is -2.24. The highest BCUT2D eigenvalue weighted by Crippen LogP contribution is 2.45. The molecule has 3 atom stereocenters. The lowest BCUT2D eigenvalue weighted by molar-refractivity contribution is -0.274. The Kier molecular flexibility index (Phi) is 7.45. The van der Waals surface area contributed by atoms with E-state index in [1.54, 1.807) is 23.5 Å². The van der Waals surface area contributed by atoms with Gasteiger partial charge in [0.25, 0.3) is 0 Å². The van der Waals surface area contributed by atoms with E-state index in [-0.39, 0.29) is 24.3 Å². The van der Waals surface area contributed by atoms with Gasteiger partial charge in [-0.25, -0.2) is 9.97 Å². The van der Waals surface area contributed by atoms with Crippen LogP contribution in [0.1, 0.15) is 55.5 Å². The Labute approximate surface area is 239 Å². The minimum Gasteiger partial charge on any atom is -0.406 e. The van der Waals surface area contributed by atoms with Gasteiger partial charge in [0.15, 0.2) is 0 Å². The Bertz CT molecular complexity index is 1540. The van der Waals surface area contributed by atoms with Crippen LogP contribution in [0.15, 0.2) is 36.5 Å². The van der Waals surface area contributed by atoms with Crippen LogP contribution in [0.25, 0.3) is 20.8 Å². The third kappa shape index (κ3) is 6.23. The fourth-order valence-electron chi connectivity index (χ4n) is 5.54. The Balaban J connectivity index is 1.30. The number of pyridine rings is 1. The second-order valence-corrected chi connectivity index (χ2v) is 12.0. The number of aliphatic hydroxyl groups is 1. The van der Waals surface area contributed by atoms with Gasteiger partial charge < -0.3 is 20.5 Å². The van der Waals surface area contributed by atoms with Crippen LogP contribution in [-0.2, 0) is 6.54 Å². The van der Waals surface area contributed by atoms with Crippen LogP contribution < -0.4 is 15.4 Å². The third-order valence-electron chi connectivity index (χ3n) is 7.77. The van der Waals surface area contributed by atoms with Gasteiger partial charge in [0, 0.05) is 31.3 Å². The molecule has 2 aliphatic carbocycles. The van der Waals surface area contributed by atoms with E-state index < -0.39 is 6.36 Å². The summed E-state index contributed by atoms with van der Waals surface area (Å²) >= 11 is 1.60. The number of aromatic nitrogens is 4. The van der Waals surface area contributed by atoms with Gasteiger partial charge in [-0.15, -0.1) is 24.5 Å². The van der Waals surface area contributed by atoms with Crippen LogP contribution >= 0.6 is 11.3 Å².